The Morgan fingerprint density at radius 1 is 1.54 bits per heavy atom. The van der Waals surface area contributed by atoms with Crippen LogP contribution in [0.3, 0.4) is 0 Å². The zero-order valence-electron chi connectivity index (χ0n) is 6.56. The van der Waals surface area contributed by atoms with Gasteiger partial charge in [-0.2, -0.15) is 0 Å². The van der Waals surface area contributed by atoms with E-state index in [9.17, 15) is 4.21 Å². The molecule has 1 heterocycles. The standard InChI is InChI=1S/C7H8N2O3S/c8-7(9-12-7)5-3-1-2-4-6(5)13(10)11/h1-4,9H,8H2,(H,10,11). The average molecular weight is 200 g/mol. The fourth-order valence-electron chi connectivity index (χ4n) is 1.09. The summed E-state index contributed by atoms with van der Waals surface area (Å²) >= 11 is -2.05. The summed E-state index contributed by atoms with van der Waals surface area (Å²) in [5, 5.41) is 0. The fraction of sp³-hybridized carbons (Fsp3) is 0.143. The molecule has 1 fully saturated rings. The Kier molecular flexibility index (Phi) is 1.94. The topological polar surface area (TPSA) is 97.8 Å². The molecule has 13 heavy (non-hydrogen) atoms. The van der Waals surface area contributed by atoms with Gasteiger partial charge in [0.1, 0.15) is 0 Å². The number of benzene rings is 1. The lowest BCUT2D eigenvalue weighted by atomic mass is 10.1. The molecule has 4 N–H and O–H groups in total. The minimum atomic E-state index is -2.05. The van der Waals surface area contributed by atoms with Gasteiger partial charge in [-0.3, -0.25) is 10.6 Å². The van der Waals surface area contributed by atoms with E-state index in [1.165, 1.54) is 6.07 Å². The third kappa shape index (κ3) is 1.50. The number of hydrogen-bond donors (Lipinski definition) is 3. The first kappa shape index (κ1) is 8.79. The van der Waals surface area contributed by atoms with Gasteiger partial charge in [-0.25, -0.2) is 4.21 Å². The highest BCUT2D eigenvalue weighted by Gasteiger charge is 2.44. The van der Waals surface area contributed by atoms with Gasteiger partial charge in [0, 0.05) is 5.56 Å². The molecule has 0 bridgehead atoms. The quantitative estimate of drug-likeness (QED) is 0.456. The van der Waals surface area contributed by atoms with E-state index in [1.807, 2.05) is 0 Å². The summed E-state index contributed by atoms with van der Waals surface area (Å²) in [6, 6.07) is 6.56. The molecule has 0 spiro atoms. The molecule has 1 saturated heterocycles. The maximum atomic E-state index is 10.9. The predicted octanol–water partition coefficient (Wildman–Crippen LogP) is -0.129. The fourth-order valence-corrected chi connectivity index (χ4v) is 1.69. The Morgan fingerprint density at radius 2 is 2.15 bits per heavy atom. The highest BCUT2D eigenvalue weighted by Crippen LogP contribution is 2.30. The number of rotatable bonds is 2. The highest BCUT2D eigenvalue weighted by molar-refractivity contribution is 7.79. The molecule has 1 aromatic carbocycles. The summed E-state index contributed by atoms with van der Waals surface area (Å²) in [4.78, 5) is 5.01. The van der Waals surface area contributed by atoms with Gasteiger partial charge >= 0.3 is 0 Å². The number of nitrogens with one attached hydrogen (secondary N) is 1. The van der Waals surface area contributed by atoms with Gasteiger partial charge in [0.2, 0.25) is 5.85 Å². The first-order chi connectivity index (χ1) is 6.13. The lowest BCUT2D eigenvalue weighted by Crippen LogP contribution is -2.26. The maximum absolute atomic E-state index is 10.9. The first-order valence-corrected chi connectivity index (χ1v) is 4.68. The molecule has 0 aliphatic carbocycles. The van der Waals surface area contributed by atoms with Crippen molar-refractivity contribution in [3.63, 3.8) is 0 Å². The normalized spacial score (nSPS) is 28.5. The summed E-state index contributed by atoms with van der Waals surface area (Å²) in [6.07, 6.45) is 0. The van der Waals surface area contributed by atoms with Crippen LogP contribution in [-0.2, 0) is 21.8 Å². The van der Waals surface area contributed by atoms with Crippen molar-refractivity contribution in [1.82, 2.24) is 5.48 Å². The maximum Gasteiger partial charge on any atom is 0.241 e. The van der Waals surface area contributed by atoms with E-state index in [0.717, 1.165) is 0 Å². The molecule has 0 aromatic heterocycles. The second kappa shape index (κ2) is 2.86. The molecule has 1 aromatic rings. The van der Waals surface area contributed by atoms with Crippen molar-refractivity contribution in [1.29, 1.82) is 0 Å². The molecule has 2 unspecified atom stereocenters. The Balaban J connectivity index is 2.50. The van der Waals surface area contributed by atoms with Crippen LogP contribution >= 0.6 is 0 Å². The predicted molar refractivity (Wildman–Crippen MR) is 45.6 cm³/mol. The first-order valence-electron chi connectivity index (χ1n) is 3.58. The van der Waals surface area contributed by atoms with E-state index in [2.05, 4.69) is 5.48 Å². The van der Waals surface area contributed by atoms with Gasteiger partial charge in [0.25, 0.3) is 0 Å². The third-order valence-electron chi connectivity index (χ3n) is 1.80. The third-order valence-corrected chi connectivity index (χ3v) is 2.53. The summed E-state index contributed by atoms with van der Waals surface area (Å²) in [7, 11) is 0. The van der Waals surface area contributed by atoms with Crippen LogP contribution in [0.5, 0.6) is 0 Å². The molecule has 1 aliphatic heterocycles. The largest absolute Gasteiger partial charge is 0.302 e. The lowest BCUT2D eigenvalue weighted by Gasteiger charge is -2.06. The average Bonchev–Trinajstić information content (AvgIpc) is 2.85. The summed E-state index contributed by atoms with van der Waals surface area (Å²) in [5.74, 6) is -1.09. The zero-order valence-corrected chi connectivity index (χ0v) is 7.38. The zero-order chi connectivity index (χ0) is 9.47. The van der Waals surface area contributed by atoms with E-state index < -0.39 is 16.9 Å². The molecule has 1 aliphatic rings. The van der Waals surface area contributed by atoms with E-state index in [4.69, 9.17) is 15.1 Å². The molecule has 6 heteroatoms. The monoisotopic (exact) mass is 200 g/mol. The van der Waals surface area contributed by atoms with E-state index in [-0.39, 0.29) is 4.90 Å². The number of hydrogen-bond acceptors (Lipinski definition) is 4. The second-order valence-electron chi connectivity index (χ2n) is 2.69. The molecule has 0 radical (unpaired) electrons. The highest BCUT2D eigenvalue weighted by atomic mass is 32.2. The van der Waals surface area contributed by atoms with Crippen LogP contribution in [0.1, 0.15) is 5.56 Å². The second-order valence-corrected chi connectivity index (χ2v) is 3.62. The SMILES string of the molecule is NC1(c2ccccc2S(=O)O)NO1. The van der Waals surface area contributed by atoms with Crippen LogP contribution in [0, 0.1) is 0 Å². The minimum Gasteiger partial charge on any atom is -0.302 e. The van der Waals surface area contributed by atoms with Gasteiger partial charge in [-0.1, -0.05) is 18.2 Å². The van der Waals surface area contributed by atoms with Gasteiger partial charge in [0.15, 0.2) is 11.1 Å². The molecule has 0 saturated carbocycles. The Morgan fingerprint density at radius 3 is 2.69 bits per heavy atom. The Hall–Kier alpha value is -0.790. The summed E-state index contributed by atoms with van der Waals surface area (Å²) in [5.41, 5.74) is 8.56. The summed E-state index contributed by atoms with van der Waals surface area (Å²) in [6.45, 7) is 0. The van der Waals surface area contributed by atoms with E-state index in [0.29, 0.717) is 5.56 Å². The van der Waals surface area contributed by atoms with Crippen molar-refractivity contribution in [3.05, 3.63) is 29.8 Å². The minimum absolute atomic E-state index is 0.259. The molecule has 0 amide bonds. The van der Waals surface area contributed by atoms with E-state index >= 15 is 0 Å². The Bertz CT molecular complexity index is 365. The molecule has 70 valence electrons. The van der Waals surface area contributed by atoms with Crippen molar-refractivity contribution in [2.45, 2.75) is 10.7 Å². The molecule has 2 atom stereocenters. The van der Waals surface area contributed by atoms with Crippen molar-refractivity contribution in [2.24, 2.45) is 5.73 Å². The van der Waals surface area contributed by atoms with Crippen LogP contribution in [0.2, 0.25) is 0 Å². The van der Waals surface area contributed by atoms with Gasteiger partial charge < -0.3 is 4.55 Å². The van der Waals surface area contributed by atoms with E-state index in [1.54, 1.807) is 18.2 Å². The van der Waals surface area contributed by atoms with Gasteiger partial charge in [0.05, 0.1) is 4.90 Å². The lowest BCUT2D eigenvalue weighted by molar-refractivity contribution is 0.297. The van der Waals surface area contributed by atoms with Crippen molar-refractivity contribution in [2.75, 3.05) is 0 Å². The summed E-state index contributed by atoms with van der Waals surface area (Å²) < 4.78 is 19.8. The van der Waals surface area contributed by atoms with Crippen molar-refractivity contribution in [3.8, 4) is 0 Å². The van der Waals surface area contributed by atoms with Gasteiger partial charge in [-0.15, -0.1) is 5.48 Å². The van der Waals surface area contributed by atoms with Gasteiger partial charge in [-0.05, 0) is 6.07 Å². The van der Waals surface area contributed by atoms with Crippen LogP contribution in [0.4, 0.5) is 0 Å². The smallest absolute Gasteiger partial charge is 0.241 e. The molecule has 2 rings (SSSR count). The van der Waals surface area contributed by atoms with Crippen molar-refractivity contribution >= 4 is 11.1 Å². The van der Waals surface area contributed by atoms with Crippen molar-refractivity contribution < 1.29 is 13.6 Å². The number of hydroxylamine groups is 1. The van der Waals surface area contributed by atoms with Crippen LogP contribution < -0.4 is 11.2 Å². The van der Waals surface area contributed by atoms with Crippen LogP contribution in [-0.4, -0.2) is 8.76 Å². The molecule has 5 nitrogen and oxygen atoms in total. The number of nitrogens with two attached hydrogens (primary N) is 1. The Labute approximate surface area is 77.1 Å². The molecular weight excluding hydrogens is 192 g/mol. The molecular formula is C7H8N2O3S. The van der Waals surface area contributed by atoms with Crippen LogP contribution in [0.15, 0.2) is 29.2 Å². The van der Waals surface area contributed by atoms with Crippen LogP contribution in [0.25, 0.3) is 0 Å².